The zero-order valence-electron chi connectivity index (χ0n) is 13.3. The van der Waals surface area contributed by atoms with Crippen LogP contribution in [0.1, 0.15) is 24.3 Å². The summed E-state index contributed by atoms with van der Waals surface area (Å²) in [7, 11) is 4.01. The van der Waals surface area contributed by atoms with Crippen molar-refractivity contribution in [1.29, 1.82) is 0 Å². The van der Waals surface area contributed by atoms with Crippen LogP contribution < -0.4 is 15.5 Å². The van der Waals surface area contributed by atoms with Gasteiger partial charge in [0.1, 0.15) is 5.76 Å². The van der Waals surface area contributed by atoms with E-state index in [1.54, 1.807) is 6.26 Å². The zero-order chi connectivity index (χ0) is 15.9. The Bertz CT molecular complexity index is 576. The smallest absolute Gasteiger partial charge is 0.234 e. The van der Waals surface area contributed by atoms with Crippen molar-refractivity contribution in [3.05, 3.63) is 54.0 Å². The monoisotopic (exact) mass is 301 g/mol. The summed E-state index contributed by atoms with van der Waals surface area (Å²) < 4.78 is 5.29. The van der Waals surface area contributed by atoms with Gasteiger partial charge in [-0.1, -0.05) is 12.1 Å². The second-order valence-corrected chi connectivity index (χ2v) is 5.46. The average molecular weight is 301 g/mol. The summed E-state index contributed by atoms with van der Waals surface area (Å²) >= 11 is 0. The van der Waals surface area contributed by atoms with Gasteiger partial charge in [-0.05, 0) is 36.8 Å². The minimum absolute atomic E-state index is 0.0140. The van der Waals surface area contributed by atoms with E-state index in [1.165, 1.54) is 0 Å². The lowest BCUT2D eigenvalue weighted by Gasteiger charge is -2.13. The highest BCUT2D eigenvalue weighted by molar-refractivity contribution is 5.78. The van der Waals surface area contributed by atoms with Crippen molar-refractivity contribution in [3.63, 3.8) is 0 Å². The molecule has 2 N–H and O–H groups in total. The highest BCUT2D eigenvalue weighted by Gasteiger charge is 2.09. The summed E-state index contributed by atoms with van der Waals surface area (Å²) in [5.74, 6) is 0.794. The standard InChI is InChI=1S/C17H23N3O2/c1-13(16-5-4-10-22-16)18-12-17(21)19-11-14-6-8-15(9-7-14)20(2)3/h4-10,13,18H,11-12H2,1-3H3,(H,19,21)/t13-/m0/s1. The largest absolute Gasteiger partial charge is 0.468 e. The van der Waals surface area contributed by atoms with E-state index in [0.29, 0.717) is 6.54 Å². The highest BCUT2D eigenvalue weighted by atomic mass is 16.3. The summed E-state index contributed by atoms with van der Waals surface area (Å²) in [6, 6.07) is 11.9. The van der Waals surface area contributed by atoms with Gasteiger partial charge in [-0.3, -0.25) is 10.1 Å². The van der Waals surface area contributed by atoms with Crippen molar-refractivity contribution in [2.24, 2.45) is 0 Å². The minimum atomic E-state index is -0.0323. The molecule has 0 saturated heterocycles. The van der Waals surface area contributed by atoms with Crippen molar-refractivity contribution in [3.8, 4) is 0 Å². The molecule has 0 radical (unpaired) electrons. The molecule has 1 amide bonds. The quantitative estimate of drug-likeness (QED) is 0.824. The Balaban J connectivity index is 1.73. The van der Waals surface area contributed by atoms with Crippen molar-refractivity contribution < 1.29 is 9.21 Å². The van der Waals surface area contributed by atoms with E-state index in [-0.39, 0.29) is 18.5 Å². The molecule has 2 aromatic rings. The second kappa shape index (κ2) is 7.66. The fraction of sp³-hybridized carbons (Fsp3) is 0.353. The Hall–Kier alpha value is -2.27. The molecule has 0 bridgehead atoms. The fourth-order valence-corrected chi connectivity index (χ4v) is 2.06. The number of rotatable bonds is 7. The number of hydrogen-bond acceptors (Lipinski definition) is 4. The molecule has 22 heavy (non-hydrogen) atoms. The third kappa shape index (κ3) is 4.63. The van der Waals surface area contributed by atoms with Gasteiger partial charge in [0.05, 0.1) is 18.8 Å². The molecule has 0 aliphatic carbocycles. The molecule has 5 heteroatoms. The molecule has 1 atom stereocenters. The summed E-state index contributed by atoms with van der Waals surface area (Å²) in [5.41, 5.74) is 2.22. The lowest BCUT2D eigenvalue weighted by atomic mass is 10.2. The van der Waals surface area contributed by atoms with Crippen molar-refractivity contribution >= 4 is 11.6 Å². The first-order chi connectivity index (χ1) is 10.6. The zero-order valence-corrected chi connectivity index (χ0v) is 13.3. The van der Waals surface area contributed by atoms with E-state index in [0.717, 1.165) is 17.0 Å². The normalized spacial score (nSPS) is 12.0. The third-order valence-corrected chi connectivity index (χ3v) is 3.48. The van der Waals surface area contributed by atoms with Crippen LogP contribution in [0.15, 0.2) is 47.1 Å². The van der Waals surface area contributed by atoms with Crippen LogP contribution in [0.25, 0.3) is 0 Å². The van der Waals surface area contributed by atoms with Crippen LogP contribution in [0.2, 0.25) is 0 Å². The average Bonchev–Trinajstić information content (AvgIpc) is 3.05. The summed E-state index contributed by atoms with van der Waals surface area (Å²) in [5, 5.41) is 6.04. The molecule has 0 fully saturated rings. The van der Waals surface area contributed by atoms with E-state index in [1.807, 2.05) is 62.3 Å². The lowest BCUT2D eigenvalue weighted by molar-refractivity contribution is -0.120. The van der Waals surface area contributed by atoms with E-state index in [2.05, 4.69) is 10.6 Å². The number of benzene rings is 1. The minimum Gasteiger partial charge on any atom is -0.468 e. The Kier molecular flexibility index (Phi) is 5.61. The van der Waals surface area contributed by atoms with Gasteiger partial charge in [-0.25, -0.2) is 0 Å². The summed E-state index contributed by atoms with van der Waals surface area (Å²) in [6.45, 7) is 2.76. The highest BCUT2D eigenvalue weighted by Crippen LogP contribution is 2.12. The first-order valence-electron chi connectivity index (χ1n) is 7.36. The Morgan fingerprint density at radius 2 is 1.95 bits per heavy atom. The summed E-state index contributed by atoms with van der Waals surface area (Å²) in [6.07, 6.45) is 1.63. The maximum atomic E-state index is 11.9. The molecule has 118 valence electrons. The molecule has 0 aliphatic heterocycles. The second-order valence-electron chi connectivity index (χ2n) is 5.46. The van der Waals surface area contributed by atoms with Crippen LogP contribution in [-0.4, -0.2) is 26.5 Å². The van der Waals surface area contributed by atoms with Gasteiger partial charge in [0.2, 0.25) is 5.91 Å². The molecule has 0 unspecified atom stereocenters. The van der Waals surface area contributed by atoms with Gasteiger partial charge in [-0.15, -0.1) is 0 Å². The maximum absolute atomic E-state index is 11.9. The number of nitrogens with one attached hydrogen (secondary N) is 2. The molecular formula is C17H23N3O2. The lowest BCUT2D eigenvalue weighted by Crippen LogP contribution is -2.34. The summed E-state index contributed by atoms with van der Waals surface area (Å²) in [4.78, 5) is 13.9. The number of furan rings is 1. The molecule has 1 heterocycles. The van der Waals surface area contributed by atoms with E-state index < -0.39 is 0 Å². The molecule has 5 nitrogen and oxygen atoms in total. The topological polar surface area (TPSA) is 57.5 Å². The first kappa shape index (κ1) is 16.1. The van der Waals surface area contributed by atoms with Crippen LogP contribution in [0.5, 0.6) is 0 Å². The molecule has 1 aromatic carbocycles. The number of nitrogens with zero attached hydrogens (tertiary/aromatic N) is 1. The van der Waals surface area contributed by atoms with Gasteiger partial charge in [0, 0.05) is 26.3 Å². The third-order valence-electron chi connectivity index (χ3n) is 3.48. The number of anilines is 1. The SMILES string of the molecule is C[C@H](NCC(=O)NCc1ccc(N(C)C)cc1)c1ccco1. The Morgan fingerprint density at radius 3 is 2.55 bits per heavy atom. The van der Waals surface area contributed by atoms with Crippen molar-refractivity contribution in [1.82, 2.24) is 10.6 Å². The van der Waals surface area contributed by atoms with Crippen molar-refractivity contribution in [2.45, 2.75) is 19.5 Å². The molecule has 0 spiro atoms. The predicted molar refractivity (Wildman–Crippen MR) is 87.7 cm³/mol. The van der Waals surface area contributed by atoms with E-state index in [9.17, 15) is 4.79 Å². The number of carbonyl (C=O) groups excluding carboxylic acids is 1. The van der Waals surface area contributed by atoms with Crippen LogP contribution in [0, 0.1) is 0 Å². The molecule has 0 saturated carbocycles. The van der Waals surface area contributed by atoms with E-state index in [4.69, 9.17) is 4.42 Å². The van der Waals surface area contributed by atoms with E-state index >= 15 is 0 Å². The van der Waals surface area contributed by atoms with Crippen molar-refractivity contribution in [2.75, 3.05) is 25.5 Å². The van der Waals surface area contributed by atoms with Gasteiger partial charge in [0.15, 0.2) is 0 Å². The maximum Gasteiger partial charge on any atom is 0.234 e. The van der Waals surface area contributed by atoms with Crippen LogP contribution in [0.4, 0.5) is 5.69 Å². The Morgan fingerprint density at radius 1 is 1.23 bits per heavy atom. The molecule has 1 aromatic heterocycles. The van der Waals surface area contributed by atoms with Gasteiger partial charge >= 0.3 is 0 Å². The van der Waals surface area contributed by atoms with Gasteiger partial charge in [0.25, 0.3) is 0 Å². The van der Waals surface area contributed by atoms with Crippen LogP contribution in [-0.2, 0) is 11.3 Å². The fourth-order valence-electron chi connectivity index (χ4n) is 2.06. The number of carbonyl (C=O) groups is 1. The number of amides is 1. The Labute approximate surface area is 131 Å². The first-order valence-corrected chi connectivity index (χ1v) is 7.36. The van der Waals surface area contributed by atoms with Gasteiger partial charge in [-0.2, -0.15) is 0 Å². The van der Waals surface area contributed by atoms with Crippen LogP contribution >= 0.6 is 0 Å². The molecule has 0 aliphatic rings. The number of hydrogen-bond donors (Lipinski definition) is 2. The molecular weight excluding hydrogens is 278 g/mol. The molecule has 2 rings (SSSR count). The van der Waals surface area contributed by atoms with Crippen LogP contribution in [0.3, 0.4) is 0 Å². The predicted octanol–water partition coefficient (Wildman–Crippen LogP) is 2.31. The van der Waals surface area contributed by atoms with Gasteiger partial charge < -0.3 is 14.6 Å².